The molecule has 3 heterocycles. The molecular formula is C22H23ClN6O6S2. The van der Waals surface area contributed by atoms with Gasteiger partial charge in [0.2, 0.25) is 0 Å². The Hall–Kier alpha value is -3.36. The molecule has 0 bridgehead atoms. The average molecular weight is 567 g/mol. The fraction of sp³-hybridized carbons (Fsp3) is 0.318. The van der Waals surface area contributed by atoms with Gasteiger partial charge in [-0.1, -0.05) is 11.6 Å². The number of nitrogens with zero attached hydrogens (tertiary/aromatic N) is 5. The number of amides is 2. The average Bonchev–Trinajstić information content (AvgIpc) is 3.33. The molecule has 12 nitrogen and oxygen atoms in total. The highest BCUT2D eigenvalue weighted by atomic mass is 35.5. The van der Waals surface area contributed by atoms with E-state index in [1.165, 1.54) is 40.3 Å². The summed E-state index contributed by atoms with van der Waals surface area (Å²) in [5.41, 5.74) is 0.367. The minimum absolute atomic E-state index is 0.0670. The summed E-state index contributed by atoms with van der Waals surface area (Å²) in [4.78, 5) is 35.4. The van der Waals surface area contributed by atoms with Gasteiger partial charge in [-0.2, -0.15) is 9.78 Å². The van der Waals surface area contributed by atoms with Crippen LogP contribution >= 0.6 is 11.6 Å². The summed E-state index contributed by atoms with van der Waals surface area (Å²) < 4.78 is 48.4. The number of aromatic nitrogens is 4. The maximum Gasteiger partial charge on any atom is 0.255 e. The van der Waals surface area contributed by atoms with Crippen molar-refractivity contribution in [1.82, 2.24) is 30.0 Å². The maximum absolute atomic E-state index is 12.8. The number of carbonyl (C=O) groups excluding carboxylic acids is 2. The van der Waals surface area contributed by atoms with Crippen molar-refractivity contribution < 1.29 is 26.4 Å². The van der Waals surface area contributed by atoms with Crippen LogP contribution < -0.4 is 5.32 Å². The SMILES string of the molecule is C[C@H](NC(=O)c1cc(Cl)cc(S(C)(=O)=O)c1)c1ncnn1-c1ccc(C(=O)N2CCS(=O)(=O)CC2)cn1. The van der Waals surface area contributed by atoms with Gasteiger partial charge in [-0.15, -0.1) is 0 Å². The number of sulfone groups is 2. The molecule has 2 amide bonds. The lowest BCUT2D eigenvalue weighted by Crippen LogP contribution is -2.43. The van der Waals surface area contributed by atoms with Gasteiger partial charge in [-0.05, 0) is 37.3 Å². The van der Waals surface area contributed by atoms with Gasteiger partial charge < -0.3 is 10.2 Å². The lowest BCUT2D eigenvalue weighted by atomic mass is 10.2. The Kier molecular flexibility index (Phi) is 7.35. The normalized spacial score (nSPS) is 16.2. The third-order valence-corrected chi connectivity index (χ3v) is 8.63. The number of rotatable bonds is 6. The summed E-state index contributed by atoms with van der Waals surface area (Å²) in [6.07, 6.45) is 3.68. The van der Waals surface area contributed by atoms with E-state index < -0.39 is 31.6 Å². The lowest BCUT2D eigenvalue weighted by molar-refractivity contribution is 0.0769. The van der Waals surface area contributed by atoms with Crippen LogP contribution in [0.1, 0.15) is 39.5 Å². The van der Waals surface area contributed by atoms with Crippen molar-refractivity contribution in [3.8, 4) is 5.82 Å². The molecule has 3 aromatic rings. The summed E-state index contributed by atoms with van der Waals surface area (Å²) in [6, 6.07) is 6.33. The molecule has 1 saturated heterocycles. The van der Waals surface area contributed by atoms with Crippen LogP contribution in [0.5, 0.6) is 0 Å². The zero-order valence-electron chi connectivity index (χ0n) is 19.8. The number of benzene rings is 1. The van der Waals surface area contributed by atoms with Crippen LogP contribution in [0, 0.1) is 0 Å². The third-order valence-electron chi connectivity index (χ3n) is 5.71. The molecule has 0 saturated carbocycles. The first-order valence-corrected chi connectivity index (χ1v) is 15.1. The molecule has 1 aromatic carbocycles. The minimum atomic E-state index is -3.57. The van der Waals surface area contributed by atoms with Gasteiger partial charge in [0.25, 0.3) is 11.8 Å². The van der Waals surface area contributed by atoms with Gasteiger partial charge in [-0.3, -0.25) is 9.59 Å². The van der Waals surface area contributed by atoms with Crippen LogP contribution in [0.15, 0.2) is 47.8 Å². The fourth-order valence-corrected chi connectivity index (χ4v) is 5.89. The van der Waals surface area contributed by atoms with Gasteiger partial charge in [-0.25, -0.2) is 26.8 Å². The number of hydrogen-bond donors (Lipinski definition) is 1. The molecule has 2 aromatic heterocycles. The highest BCUT2D eigenvalue weighted by Crippen LogP contribution is 2.21. The Balaban J connectivity index is 1.49. The van der Waals surface area contributed by atoms with E-state index in [1.54, 1.807) is 19.1 Å². The van der Waals surface area contributed by atoms with Gasteiger partial charge in [0, 0.05) is 36.1 Å². The van der Waals surface area contributed by atoms with Crippen molar-refractivity contribution >= 4 is 43.1 Å². The fourth-order valence-electron chi connectivity index (χ4n) is 3.71. The van der Waals surface area contributed by atoms with E-state index in [-0.39, 0.29) is 46.0 Å². The Morgan fingerprint density at radius 1 is 1.08 bits per heavy atom. The number of carbonyl (C=O) groups is 2. The highest BCUT2D eigenvalue weighted by Gasteiger charge is 2.26. The molecule has 37 heavy (non-hydrogen) atoms. The van der Waals surface area contributed by atoms with Gasteiger partial charge in [0.05, 0.1) is 28.0 Å². The second kappa shape index (κ2) is 10.2. The molecule has 196 valence electrons. The number of pyridine rings is 1. The smallest absolute Gasteiger partial charge is 0.255 e. The van der Waals surface area contributed by atoms with Gasteiger partial charge in [0.1, 0.15) is 6.33 Å². The van der Waals surface area contributed by atoms with Gasteiger partial charge >= 0.3 is 0 Å². The lowest BCUT2D eigenvalue weighted by Gasteiger charge is -2.26. The monoisotopic (exact) mass is 566 g/mol. The number of hydrogen-bond acceptors (Lipinski definition) is 9. The third kappa shape index (κ3) is 6.14. The van der Waals surface area contributed by atoms with Gasteiger partial charge in [0.15, 0.2) is 31.3 Å². The van der Waals surface area contributed by atoms with Crippen LogP contribution in [0.25, 0.3) is 5.82 Å². The Morgan fingerprint density at radius 3 is 2.41 bits per heavy atom. The van der Waals surface area contributed by atoms with E-state index in [0.717, 1.165) is 6.26 Å². The van der Waals surface area contributed by atoms with Crippen molar-refractivity contribution in [2.75, 3.05) is 30.9 Å². The molecule has 1 aliphatic heterocycles. The van der Waals surface area contributed by atoms with Crippen LogP contribution in [0.3, 0.4) is 0 Å². The number of nitrogens with one attached hydrogen (secondary N) is 1. The van der Waals surface area contributed by atoms with E-state index in [9.17, 15) is 26.4 Å². The number of halogens is 1. The summed E-state index contributed by atoms with van der Waals surface area (Å²) in [7, 11) is -6.68. The maximum atomic E-state index is 12.8. The van der Waals surface area contributed by atoms with Crippen LogP contribution in [-0.4, -0.2) is 84.1 Å². The quantitative estimate of drug-likeness (QED) is 0.460. The summed E-state index contributed by atoms with van der Waals surface area (Å²) in [5, 5.41) is 7.00. The second-order valence-electron chi connectivity index (χ2n) is 8.52. The van der Waals surface area contributed by atoms with Crippen LogP contribution in [0.2, 0.25) is 5.02 Å². The molecule has 0 spiro atoms. The second-order valence-corrected chi connectivity index (χ2v) is 13.3. The highest BCUT2D eigenvalue weighted by molar-refractivity contribution is 7.91. The first-order valence-electron chi connectivity index (χ1n) is 11.0. The first-order chi connectivity index (χ1) is 17.3. The zero-order valence-corrected chi connectivity index (χ0v) is 22.2. The van der Waals surface area contributed by atoms with E-state index in [0.29, 0.717) is 17.2 Å². The molecule has 1 aliphatic rings. The minimum Gasteiger partial charge on any atom is -0.342 e. The van der Waals surface area contributed by atoms with Crippen LogP contribution in [-0.2, 0) is 19.7 Å². The van der Waals surface area contributed by atoms with Crippen molar-refractivity contribution in [3.63, 3.8) is 0 Å². The zero-order chi connectivity index (χ0) is 27.0. The molecular weight excluding hydrogens is 544 g/mol. The topological polar surface area (TPSA) is 161 Å². The molecule has 0 aliphatic carbocycles. The summed E-state index contributed by atoms with van der Waals surface area (Å²) >= 11 is 6.01. The Labute approximate surface area is 218 Å². The van der Waals surface area contributed by atoms with Crippen LogP contribution in [0.4, 0.5) is 0 Å². The molecule has 15 heteroatoms. The van der Waals surface area contributed by atoms with Crippen molar-refractivity contribution in [1.29, 1.82) is 0 Å². The van der Waals surface area contributed by atoms with E-state index in [4.69, 9.17) is 11.6 Å². The molecule has 1 N–H and O–H groups in total. The standard InChI is InChI=1S/C22H23ClN6O6S2/c1-14(27-21(30)16-9-17(23)11-18(10-16)36(2,32)33)20-25-13-26-29(20)19-4-3-15(12-24-19)22(31)28-5-7-37(34,35)8-6-28/h3-4,9-14H,5-8H2,1-2H3,(H,27,30)/t14-/m0/s1. The Morgan fingerprint density at radius 2 is 1.78 bits per heavy atom. The van der Waals surface area contributed by atoms with Crippen molar-refractivity contribution in [3.05, 3.63) is 64.8 Å². The van der Waals surface area contributed by atoms with E-state index >= 15 is 0 Å². The molecule has 1 atom stereocenters. The summed E-state index contributed by atoms with van der Waals surface area (Å²) in [6.45, 7) is 1.93. The van der Waals surface area contributed by atoms with Crippen molar-refractivity contribution in [2.24, 2.45) is 0 Å². The summed E-state index contributed by atoms with van der Waals surface area (Å²) in [5.74, 6) is -0.336. The molecule has 0 radical (unpaired) electrons. The van der Waals surface area contributed by atoms with E-state index in [1.807, 2.05) is 0 Å². The Bertz CT molecular complexity index is 1560. The first kappa shape index (κ1) is 26.7. The largest absolute Gasteiger partial charge is 0.342 e. The predicted molar refractivity (Wildman–Crippen MR) is 134 cm³/mol. The molecule has 1 fully saturated rings. The molecule has 4 rings (SSSR count). The van der Waals surface area contributed by atoms with Crippen molar-refractivity contribution in [2.45, 2.75) is 17.9 Å². The molecule has 0 unspecified atom stereocenters. The van der Waals surface area contributed by atoms with E-state index in [2.05, 4.69) is 20.4 Å². The predicted octanol–water partition coefficient (Wildman–Crippen LogP) is 1.08.